The van der Waals surface area contributed by atoms with Crippen LogP contribution in [-0.2, 0) is 6.18 Å². The molecule has 126 valence electrons. The molecule has 0 fully saturated rings. The second-order valence-corrected chi connectivity index (χ2v) is 5.05. The molecule has 0 heterocycles. The zero-order valence-electron chi connectivity index (χ0n) is 12.3. The van der Waals surface area contributed by atoms with Gasteiger partial charge in [-0.2, -0.15) is 13.2 Å². The fourth-order valence-electron chi connectivity index (χ4n) is 1.87. The summed E-state index contributed by atoms with van der Waals surface area (Å²) < 4.78 is 37.6. The van der Waals surface area contributed by atoms with Crippen molar-refractivity contribution in [1.82, 2.24) is 0 Å². The standard InChI is InChI=1S/C16H13ClF3N3O/c17-9-14(21)22-12-3-1-2-4-13(12)23-15(24)10-5-7-11(8-6-10)16(18,19)20/h1-8H,9H2,(H2,21,22)(H,23,24). The van der Waals surface area contributed by atoms with E-state index in [2.05, 4.69) is 10.3 Å². The Hall–Kier alpha value is -2.54. The van der Waals surface area contributed by atoms with Crippen LogP contribution < -0.4 is 11.1 Å². The summed E-state index contributed by atoms with van der Waals surface area (Å²) in [5.41, 5.74) is 5.61. The third-order valence-electron chi connectivity index (χ3n) is 3.03. The Labute approximate surface area is 141 Å². The van der Waals surface area contributed by atoms with Crippen LogP contribution in [0.2, 0.25) is 0 Å². The summed E-state index contributed by atoms with van der Waals surface area (Å²) in [7, 11) is 0. The number of aliphatic imine (C=N–C) groups is 1. The van der Waals surface area contributed by atoms with Crippen LogP contribution in [0.3, 0.4) is 0 Å². The van der Waals surface area contributed by atoms with Crippen LogP contribution in [0.5, 0.6) is 0 Å². The molecule has 3 N–H and O–H groups in total. The van der Waals surface area contributed by atoms with Crippen molar-refractivity contribution in [2.75, 3.05) is 11.2 Å². The van der Waals surface area contributed by atoms with Crippen molar-refractivity contribution >= 4 is 34.7 Å². The number of alkyl halides is 4. The average Bonchev–Trinajstić information content (AvgIpc) is 2.55. The smallest absolute Gasteiger partial charge is 0.386 e. The number of amides is 1. The molecular formula is C16H13ClF3N3O. The maximum absolute atomic E-state index is 12.5. The number of carbonyl (C=O) groups excluding carboxylic acids is 1. The summed E-state index contributed by atoms with van der Waals surface area (Å²) in [4.78, 5) is 16.3. The monoisotopic (exact) mass is 355 g/mol. The fraction of sp³-hybridized carbons (Fsp3) is 0.125. The molecule has 0 atom stereocenters. The lowest BCUT2D eigenvalue weighted by atomic mass is 10.1. The van der Waals surface area contributed by atoms with Gasteiger partial charge in [0.1, 0.15) is 5.84 Å². The topological polar surface area (TPSA) is 67.5 Å². The Balaban J connectivity index is 2.21. The predicted octanol–water partition coefficient (Wildman–Crippen LogP) is 4.19. The van der Waals surface area contributed by atoms with E-state index in [4.69, 9.17) is 17.3 Å². The molecule has 0 bridgehead atoms. The fourth-order valence-corrected chi connectivity index (χ4v) is 1.93. The molecular weight excluding hydrogens is 343 g/mol. The minimum Gasteiger partial charge on any atom is -0.386 e. The van der Waals surface area contributed by atoms with E-state index >= 15 is 0 Å². The molecule has 0 radical (unpaired) electrons. The number of nitrogens with zero attached hydrogens (tertiary/aromatic N) is 1. The number of carbonyl (C=O) groups is 1. The van der Waals surface area contributed by atoms with Gasteiger partial charge in [-0.05, 0) is 36.4 Å². The molecule has 1 amide bonds. The van der Waals surface area contributed by atoms with Crippen LogP contribution in [0, 0.1) is 0 Å². The molecule has 2 aromatic rings. The van der Waals surface area contributed by atoms with Gasteiger partial charge in [-0.15, -0.1) is 11.6 Å². The summed E-state index contributed by atoms with van der Waals surface area (Å²) in [5, 5.41) is 2.59. The largest absolute Gasteiger partial charge is 0.416 e. The van der Waals surface area contributed by atoms with Gasteiger partial charge in [0.15, 0.2) is 0 Å². The Bertz CT molecular complexity index is 758. The van der Waals surface area contributed by atoms with Crippen molar-refractivity contribution in [3.8, 4) is 0 Å². The second kappa shape index (κ2) is 7.35. The van der Waals surface area contributed by atoms with E-state index in [1.54, 1.807) is 24.3 Å². The first-order chi connectivity index (χ1) is 11.3. The minimum atomic E-state index is -4.45. The second-order valence-electron chi connectivity index (χ2n) is 4.78. The van der Waals surface area contributed by atoms with Crippen LogP contribution in [-0.4, -0.2) is 17.6 Å². The van der Waals surface area contributed by atoms with Crippen molar-refractivity contribution in [3.05, 3.63) is 59.7 Å². The van der Waals surface area contributed by atoms with Crippen molar-refractivity contribution in [1.29, 1.82) is 0 Å². The number of hydrogen-bond donors (Lipinski definition) is 2. The molecule has 8 heteroatoms. The molecule has 0 aliphatic carbocycles. The highest BCUT2D eigenvalue weighted by Crippen LogP contribution is 2.29. The molecule has 4 nitrogen and oxygen atoms in total. The minimum absolute atomic E-state index is 0.0290. The predicted molar refractivity (Wildman–Crippen MR) is 87.8 cm³/mol. The number of nitrogens with one attached hydrogen (secondary N) is 1. The maximum Gasteiger partial charge on any atom is 0.416 e. The average molecular weight is 356 g/mol. The van der Waals surface area contributed by atoms with Crippen LogP contribution in [0.15, 0.2) is 53.5 Å². The van der Waals surface area contributed by atoms with Crippen molar-refractivity contribution in [3.63, 3.8) is 0 Å². The molecule has 2 aromatic carbocycles. The maximum atomic E-state index is 12.5. The third-order valence-corrected chi connectivity index (χ3v) is 3.30. The van der Waals surface area contributed by atoms with Gasteiger partial charge in [0, 0.05) is 5.56 Å². The Kier molecular flexibility index (Phi) is 5.46. The van der Waals surface area contributed by atoms with Gasteiger partial charge in [-0.3, -0.25) is 4.79 Å². The molecule has 0 unspecified atom stereocenters. The van der Waals surface area contributed by atoms with Crippen molar-refractivity contribution < 1.29 is 18.0 Å². The van der Waals surface area contributed by atoms with E-state index in [0.717, 1.165) is 24.3 Å². The lowest BCUT2D eigenvalue weighted by Gasteiger charge is -2.10. The van der Waals surface area contributed by atoms with Gasteiger partial charge >= 0.3 is 6.18 Å². The highest BCUT2D eigenvalue weighted by Gasteiger charge is 2.30. The number of hydrogen-bond acceptors (Lipinski definition) is 2. The molecule has 0 saturated carbocycles. The van der Waals surface area contributed by atoms with Gasteiger partial charge in [0.25, 0.3) is 5.91 Å². The molecule has 2 rings (SSSR count). The van der Waals surface area contributed by atoms with Crippen LogP contribution >= 0.6 is 11.6 Å². The number of anilines is 1. The third kappa shape index (κ3) is 4.48. The first kappa shape index (κ1) is 17.8. The summed E-state index contributed by atoms with van der Waals surface area (Å²) in [6.45, 7) is 0. The Morgan fingerprint density at radius 1 is 1.12 bits per heavy atom. The molecule has 0 aromatic heterocycles. The van der Waals surface area contributed by atoms with E-state index in [9.17, 15) is 18.0 Å². The van der Waals surface area contributed by atoms with Gasteiger partial charge in [-0.1, -0.05) is 12.1 Å². The lowest BCUT2D eigenvalue weighted by Crippen LogP contribution is -2.14. The summed E-state index contributed by atoms with van der Waals surface area (Å²) in [6.07, 6.45) is -4.45. The van der Waals surface area contributed by atoms with E-state index in [1.807, 2.05) is 0 Å². The Morgan fingerprint density at radius 3 is 2.33 bits per heavy atom. The zero-order chi connectivity index (χ0) is 17.7. The summed E-state index contributed by atoms with van der Waals surface area (Å²) in [5.74, 6) is -0.356. The molecule has 0 saturated heterocycles. The van der Waals surface area contributed by atoms with E-state index in [0.29, 0.717) is 11.4 Å². The normalized spacial score (nSPS) is 12.1. The van der Waals surface area contributed by atoms with Crippen molar-refractivity contribution in [2.24, 2.45) is 10.7 Å². The SMILES string of the molecule is NC(CCl)=Nc1ccccc1NC(=O)c1ccc(C(F)(F)F)cc1. The van der Waals surface area contributed by atoms with Crippen LogP contribution in [0.4, 0.5) is 24.5 Å². The van der Waals surface area contributed by atoms with Crippen LogP contribution in [0.25, 0.3) is 0 Å². The van der Waals surface area contributed by atoms with Gasteiger partial charge in [-0.25, -0.2) is 4.99 Å². The number of halogens is 4. The van der Waals surface area contributed by atoms with E-state index < -0.39 is 17.6 Å². The zero-order valence-corrected chi connectivity index (χ0v) is 13.0. The van der Waals surface area contributed by atoms with Crippen LogP contribution in [0.1, 0.15) is 15.9 Å². The molecule has 0 aliphatic heterocycles. The first-order valence-electron chi connectivity index (χ1n) is 6.78. The summed E-state index contributed by atoms with van der Waals surface area (Å²) in [6, 6.07) is 10.5. The summed E-state index contributed by atoms with van der Waals surface area (Å²) >= 11 is 5.57. The Morgan fingerprint density at radius 2 is 1.75 bits per heavy atom. The quantitative estimate of drug-likeness (QED) is 0.490. The van der Waals surface area contributed by atoms with Gasteiger partial charge in [0.2, 0.25) is 0 Å². The highest BCUT2D eigenvalue weighted by molar-refractivity contribution is 6.28. The molecule has 0 spiro atoms. The van der Waals surface area contributed by atoms with Gasteiger partial charge in [0.05, 0.1) is 22.8 Å². The molecule has 24 heavy (non-hydrogen) atoms. The van der Waals surface area contributed by atoms with E-state index in [1.165, 1.54) is 0 Å². The lowest BCUT2D eigenvalue weighted by molar-refractivity contribution is -0.137. The van der Waals surface area contributed by atoms with Crippen molar-refractivity contribution in [2.45, 2.75) is 6.18 Å². The number of para-hydroxylation sites is 2. The number of benzene rings is 2. The van der Waals surface area contributed by atoms with E-state index in [-0.39, 0.29) is 17.3 Å². The number of amidine groups is 1. The number of nitrogens with two attached hydrogens (primary N) is 1. The number of rotatable bonds is 4. The molecule has 0 aliphatic rings. The highest BCUT2D eigenvalue weighted by atomic mass is 35.5. The van der Waals surface area contributed by atoms with Gasteiger partial charge < -0.3 is 11.1 Å². The first-order valence-corrected chi connectivity index (χ1v) is 7.31.